The third kappa shape index (κ3) is 5.54. The van der Waals surface area contributed by atoms with Crippen LogP contribution in [0.15, 0.2) is 24.3 Å². The Balaban J connectivity index is 2.75. The van der Waals surface area contributed by atoms with Crippen LogP contribution in [0.5, 0.6) is 5.75 Å². The van der Waals surface area contributed by atoms with Gasteiger partial charge < -0.3 is 4.74 Å². The van der Waals surface area contributed by atoms with Gasteiger partial charge in [0.2, 0.25) is 10.0 Å². The van der Waals surface area contributed by atoms with Gasteiger partial charge in [-0.25, -0.2) is 13.6 Å². The van der Waals surface area contributed by atoms with E-state index in [1.807, 2.05) is 6.92 Å². The lowest BCUT2D eigenvalue weighted by Gasteiger charge is -2.15. The van der Waals surface area contributed by atoms with E-state index in [0.29, 0.717) is 6.42 Å². The van der Waals surface area contributed by atoms with Crippen LogP contribution in [0, 0.1) is 16.0 Å². The molecule has 0 saturated carbocycles. The zero-order valence-corrected chi connectivity index (χ0v) is 12.0. The normalized spacial score (nSPS) is 12.9. The molecule has 1 unspecified atom stereocenters. The van der Waals surface area contributed by atoms with Crippen LogP contribution in [-0.2, 0) is 10.0 Å². The molecule has 0 amide bonds. The summed E-state index contributed by atoms with van der Waals surface area (Å²) in [6.45, 7) is 2.00. The number of primary sulfonamides is 1. The first kappa shape index (κ1) is 16.4. The average Bonchev–Trinajstić information content (AvgIpc) is 2.34. The highest BCUT2D eigenvalue weighted by molar-refractivity contribution is 7.89. The first-order valence-electron chi connectivity index (χ1n) is 6.20. The van der Waals surface area contributed by atoms with E-state index in [9.17, 15) is 18.5 Å². The molecule has 0 aliphatic rings. The molecule has 0 heterocycles. The molecule has 0 radical (unpaired) electrons. The Hall–Kier alpha value is -1.67. The van der Waals surface area contributed by atoms with Crippen LogP contribution >= 0.6 is 0 Å². The average molecular weight is 302 g/mol. The molecule has 0 fully saturated rings. The highest BCUT2D eigenvalue weighted by Gasteiger charge is 2.19. The van der Waals surface area contributed by atoms with Crippen LogP contribution < -0.4 is 9.88 Å². The van der Waals surface area contributed by atoms with Crippen molar-refractivity contribution in [2.24, 2.45) is 11.1 Å². The van der Waals surface area contributed by atoms with Gasteiger partial charge in [0.25, 0.3) is 0 Å². The van der Waals surface area contributed by atoms with E-state index in [1.54, 1.807) is 12.1 Å². The monoisotopic (exact) mass is 302 g/mol. The van der Waals surface area contributed by atoms with Gasteiger partial charge in [-0.3, -0.25) is 10.1 Å². The number of hydrogen-bond acceptors (Lipinski definition) is 5. The predicted octanol–water partition coefficient (Wildman–Crippen LogP) is 1.68. The minimum absolute atomic E-state index is 0.0785. The number of nitro benzene ring substituents is 1. The first-order valence-corrected chi connectivity index (χ1v) is 7.91. The van der Waals surface area contributed by atoms with E-state index in [0.717, 1.165) is 6.42 Å². The Morgan fingerprint density at radius 2 is 2.05 bits per heavy atom. The molecule has 2 N–H and O–H groups in total. The van der Waals surface area contributed by atoms with Crippen molar-refractivity contribution in [2.75, 3.05) is 12.4 Å². The maximum Gasteiger partial charge on any atom is 0.310 e. The Morgan fingerprint density at radius 3 is 2.60 bits per heavy atom. The second-order valence-corrected chi connectivity index (χ2v) is 6.18. The topological polar surface area (TPSA) is 113 Å². The molecule has 112 valence electrons. The van der Waals surface area contributed by atoms with E-state index < -0.39 is 14.9 Å². The first-order chi connectivity index (χ1) is 9.33. The molecular formula is C12H18N2O5S. The SMILES string of the molecule is CCCC(COc1ccccc1[N+](=O)[O-])CS(N)(=O)=O. The number of rotatable bonds is 8. The summed E-state index contributed by atoms with van der Waals surface area (Å²) in [5.74, 6) is -0.343. The van der Waals surface area contributed by atoms with Gasteiger partial charge in [-0.2, -0.15) is 0 Å². The lowest BCUT2D eigenvalue weighted by molar-refractivity contribution is -0.385. The van der Waals surface area contributed by atoms with E-state index in [1.165, 1.54) is 12.1 Å². The number of hydrogen-bond donors (Lipinski definition) is 1. The van der Waals surface area contributed by atoms with Crippen molar-refractivity contribution in [1.29, 1.82) is 0 Å². The summed E-state index contributed by atoms with van der Waals surface area (Å²) in [6.07, 6.45) is 1.40. The molecule has 0 aromatic heterocycles. The summed E-state index contributed by atoms with van der Waals surface area (Å²) in [7, 11) is -3.59. The number of nitro groups is 1. The maximum absolute atomic E-state index is 11.1. The van der Waals surface area contributed by atoms with Gasteiger partial charge in [0.1, 0.15) is 0 Å². The van der Waals surface area contributed by atoms with Gasteiger partial charge in [-0.1, -0.05) is 25.5 Å². The Labute approximate surface area is 117 Å². The van der Waals surface area contributed by atoms with Crippen molar-refractivity contribution in [1.82, 2.24) is 0 Å². The summed E-state index contributed by atoms with van der Waals surface area (Å²) in [4.78, 5) is 10.3. The molecule has 0 aliphatic carbocycles. The summed E-state index contributed by atoms with van der Waals surface area (Å²) in [5.41, 5.74) is -0.140. The third-order valence-electron chi connectivity index (χ3n) is 2.70. The van der Waals surface area contributed by atoms with Gasteiger partial charge in [0.05, 0.1) is 17.3 Å². The van der Waals surface area contributed by atoms with Crippen molar-refractivity contribution in [3.05, 3.63) is 34.4 Å². The molecule has 0 bridgehead atoms. The summed E-state index contributed by atoms with van der Waals surface area (Å²) in [5, 5.41) is 15.9. The minimum Gasteiger partial charge on any atom is -0.486 e. The maximum atomic E-state index is 11.1. The van der Waals surface area contributed by atoms with Crippen LogP contribution in [-0.4, -0.2) is 25.7 Å². The predicted molar refractivity (Wildman–Crippen MR) is 75.0 cm³/mol. The number of sulfonamides is 1. The number of nitrogens with two attached hydrogens (primary N) is 1. The fourth-order valence-corrected chi connectivity index (χ4v) is 2.81. The summed E-state index contributed by atoms with van der Waals surface area (Å²) < 4.78 is 27.6. The van der Waals surface area contributed by atoms with Crippen molar-refractivity contribution >= 4 is 15.7 Å². The highest BCUT2D eigenvalue weighted by Crippen LogP contribution is 2.26. The number of ether oxygens (including phenoxy) is 1. The number of benzene rings is 1. The summed E-state index contributed by atoms with van der Waals surface area (Å²) >= 11 is 0. The van der Waals surface area contributed by atoms with E-state index >= 15 is 0 Å². The lowest BCUT2D eigenvalue weighted by atomic mass is 10.1. The molecule has 1 rings (SSSR count). The van der Waals surface area contributed by atoms with Gasteiger partial charge in [-0.05, 0) is 12.5 Å². The molecule has 1 atom stereocenters. The second kappa shape index (κ2) is 7.20. The number of para-hydroxylation sites is 2. The molecule has 20 heavy (non-hydrogen) atoms. The molecule has 1 aromatic carbocycles. The fraction of sp³-hybridized carbons (Fsp3) is 0.500. The van der Waals surface area contributed by atoms with E-state index in [4.69, 9.17) is 9.88 Å². The molecule has 0 spiro atoms. The Morgan fingerprint density at radius 1 is 1.40 bits per heavy atom. The van der Waals surface area contributed by atoms with Crippen LogP contribution in [0.1, 0.15) is 19.8 Å². The van der Waals surface area contributed by atoms with Gasteiger partial charge in [0, 0.05) is 12.0 Å². The standard InChI is InChI=1S/C12H18N2O5S/c1-2-5-10(9-20(13,17)18)8-19-12-7-4-3-6-11(12)14(15)16/h3-4,6-7,10H,2,5,8-9H2,1H3,(H2,13,17,18). The zero-order chi connectivity index (χ0) is 15.2. The molecule has 0 aliphatic heterocycles. The van der Waals surface area contributed by atoms with Crippen LogP contribution in [0.3, 0.4) is 0 Å². The van der Waals surface area contributed by atoms with Crippen molar-refractivity contribution in [3.63, 3.8) is 0 Å². The lowest BCUT2D eigenvalue weighted by Crippen LogP contribution is -2.27. The Bertz CT molecular complexity index is 559. The largest absolute Gasteiger partial charge is 0.486 e. The molecule has 0 saturated heterocycles. The van der Waals surface area contributed by atoms with Crippen molar-refractivity contribution in [2.45, 2.75) is 19.8 Å². The van der Waals surface area contributed by atoms with Crippen molar-refractivity contribution < 1.29 is 18.1 Å². The third-order valence-corrected chi connectivity index (χ3v) is 3.64. The van der Waals surface area contributed by atoms with Gasteiger partial charge in [0.15, 0.2) is 5.75 Å². The van der Waals surface area contributed by atoms with Crippen LogP contribution in [0.25, 0.3) is 0 Å². The van der Waals surface area contributed by atoms with E-state index in [2.05, 4.69) is 0 Å². The minimum atomic E-state index is -3.59. The molecule has 1 aromatic rings. The smallest absolute Gasteiger partial charge is 0.310 e. The van der Waals surface area contributed by atoms with Crippen LogP contribution in [0.2, 0.25) is 0 Å². The molecular weight excluding hydrogens is 284 g/mol. The van der Waals surface area contributed by atoms with Gasteiger partial charge >= 0.3 is 5.69 Å². The Kier molecular flexibility index (Phi) is 5.90. The summed E-state index contributed by atoms with van der Waals surface area (Å²) in [6, 6.07) is 5.98. The van der Waals surface area contributed by atoms with E-state index in [-0.39, 0.29) is 29.7 Å². The molecule has 8 heteroatoms. The molecule has 7 nitrogen and oxygen atoms in total. The highest BCUT2D eigenvalue weighted by atomic mass is 32.2. The van der Waals surface area contributed by atoms with Gasteiger partial charge in [-0.15, -0.1) is 0 Å². The quantitative estimate of drug-likeness (QED) is 0.580. The van der Waals surface area contributed by atoms with Crippen LogP contribution in [0.4, 0.5) is 5.69 Å². The zero-order valence-electron chi connectivity index (χ0n) is 11.2. The number of nitrogens with zero attached hydrogens (tertiary/aromatic N) is 1. The second-order valence-electron chi connectivity index (χ2n) is 4.52. The fourth-order valence-electron chi connectivity index (χ4n) is 1.89. The van der Waals surface area contributed by atoms with Crippen molar-refractivity contribution in [3.8, 4) is 5.75 Å².